The largest absolute Gasteiger partial charge is 0.384 e. The number of aliphatic hydroxyl groups excluding tert-OH is 1. The normalized spacial score (nSPS) is 12.1. The van der Waals surface area contributed by atoms with Crippen LogP contribution in [-0.4, -0.2) is 23.5 Å². The lowest BCUT2D eigenvalue weighted by Crippen LogP contribution is -2.33. The lowest BCUT2D eigenvalue weighted by Gasteiger charge is -2.11. The SMILES string of the molecule is O=C(c1ccc(F)cc1)C(O)CNCc1ccccc1. The maximum atomic E-state index is 12.8. The summed E-state index contributed by atoms with van der Waals surface area (Å²) in [5.74, 6) is -0.816. The number of aliphatic hydroxyl groups is 1. The number of Topliss-reactive ketones (excluding diaryl/α,β-unsaturated/α-hetero) is 1. The van der Waals surface area contributed by atoms with Gasteiger partial charge in [-0.3, -0.25) is 4.79 Å². The Labute approximate surface area is 117 Å². The van der Waals surface area contributed by atoms with Crippen molar-refractivity contribution in [3.05, 3.63) is 71.5 Å². The zero-order valence-electron chi connectivity index (χ0n) is 10.9. The molecule has 0 radical (unpaired) electrons. The van der Waals surface area contributed by atoms with Crippen molar-refractivity contribution in [2.24, 2.45) is 0 Å². The van der Waals surface area contributed by atoms with Crippen LogP contribution < -0.4 is 5.32 Å². The van der Waals surface area contributed by atoms with E-state index < -0.39 is 17.7 Å². The molecule has 20 heavy (non-hydrogen) atoms. The molecule has 2 rings (SSSR count). The Hall–Kier alpha value is -2.04. The first-order valence-corrected chi connectivity index (χ1v) is 6.39. The fourth-order valence-electron chi connectivity index (χ4n) is 1.85. The molecule has 2 N–H and O–H groups in total. The van der Waals surface area contributed by atoms with Gasteiger partial charge in [0, 0.05) is 18.7 Å². The smallest absolute Gasteiger partial charge is 0.192 e. The molecular weight excluding hydrogens is 257 g/mol. The number of carbonyl (C=O) groups excluding carboxylic acids is 1. The van der Waals surface area contributed by atoms with Gasteiger partial charge < -0.3 is 10.4 Å². The summed E-state index contributed by atoms with van der Waals surface area (Å²) < 4.78 is 12.8. The number of rotatable bonds is 6. The van der Waals surface area contributed by atoms with Crippen LogP contribution in [0.5, 0.6) is 0 Å². The van der Waals surface area contributed by atoms with Gasteiger partial charge in [-0.25, -0.2) is 4.39 Å². The highest BCUT2D eigenvalue weighted by atomic mass is 19.1. The maximum absolute atomic E-state index is 12.8. The summed E-state index contributed by atoms with van der Waals surface area (Å²) in [5.41, 5.74) is 1.38. The van der Waals surface area contributed by atoms with Crippen LogP contribution in [0.4, 0.5) is 4.39 Å². The molecule has 1 unspecified atom stereocenters. The molecule has 3 nitrogen and oxygen atoms in total. The Morgan fingerprint density at radius 3 is 2.40 bits per heavy atom. The topological polar surface area (TPSA) is 49.3 Å². The Balaban J connectivity index is 1.84. The van der Waals surface area contributed by atoms with Crippen molar-refractivity contribution in [1.82, 2.24) is 5.32 Å². The molecule has 0 heterocycles. The molecule has 0 fully saturated rings. The number of nitrogens with one attached hydrogen (secondary N) is 1. The third-order valence-corrected chi connectivity index (χ3v) is 2.94. The fourth-order valence-corrected chi connectivity index (χ4v) is 1.85. The average molecular weight is 273 g/mol. The summed E-state index contributed by atoms with van der Waals surface area (Å²) in [6, 6.07) is 14.9. The predicted octanol–water partition coefficient (Wildman–Crippen LogP) is 2.16. The van der Waals surface area contributed by atoms with E-state index in [0.717, 1.165) is 5.56 Å². The highest BCUT2D eigenvalue weighted by molar-refractivity contribution is 5.99. The molecule has 4 heteroatoms. The molecule has 0 aromatic heterocycles. The molecule has 2 aromatic rings. The monoisotopic (exact) mass is 273 g/mol. The van der Waals surface area contributed by atoms with Crippen molar-refractivity contribution in [2.75, 3.05) is 6.54 Å². The van der Waals surface area contributed by atoms with Gasteiger partial charge in [-0.05, 0) is 29.8 Å². The summed E-state index contributed by atoms with van der Waals surface area (Å²) in [7, 11) is 0. The van der Waals surface area contributed by atoms with Gasteiger partial charge in [-0.2, -0.15) is 0 Å². The molecule has 2 aromatic carbocycles. The summed E-state index contributed by atoms with van der Waals surface area (Å²) in [6.07, 6.45) is -1.14. The van der Waals surface area contributed by atoms with E-state index in [4.69, 9.17) is 0 Å². The van der Waals surface area contributed by atoms with Crippen molar-refractivity contribution in [3.63, 3.8) is 0 Å². The first-order chi connectivity index (χ1) is 9.66. The molecule has 0 saturated carbocycles. The molecule has 0 bridgehead atoms. The average Bonchev–Trinajstić information content (AvgIpc) is 2.48. The molecule has 0 aliphatic carbocycles. The maximum Gasteiger partial charge on any atom is 0.192 e. The van der Waals surface area contributed by atoms with Gasteiger partial charge in [0.05, 0.1) is 0 Å². The molecular formula is C16H16FNO2. The number of halogens is 1. The van der Waals surface area contributed by atoms with Gasteiger partial charge in [-0.15, -0.1) is 0 Å². The van der Waals surface area contributed by atoms with Crippen LogP contribution in [0, 0.1) is 5.82 Å². The summed E-state index contributed by atoms with van der Waals surface area (Å²) >= 11 is 0. The van der Waals surface area contributed by atoms with E-state index in [1.165, 1.54) is 24.3 Å². The minimum absolute atomic E-state index is 0.158. The Morgan fingerprint density at radius 1 is 1.10 bits per heavy atom. The highest BCUT2D eigenvalue weighted by Crippen LogP contribution is 2.06. The van der Waals surface area contributed by atoms with Gasteiger partial charge in [0.2, 0.25) is 0 Å². The van der Waals surface area contributed by atoms with Gasteiger partial charge in [-0.1, -0.05) is 30.3 Å². The Bertz CT molecular complexity index is 554. The van der Waals surface area contributed by atoms with Gasteiger partial charge in [0.15, 0.2) is 5.78 Å². The molecule has 0 spiro atoms. The number of hydrogen-bond acceptors (Lipinski definition) is 3. The molecule has 0 saturated heterocycles. The molecule has 0 amide bonds. The van der Waals surface area contributed by atoms with Crippen molar-refractivity contribution < 1.29 is 14.3 Å². The third kappa shape index (κ3) is 3.98. The van der Waals surface area contributed by atoms with Gasteiger partial charge >= 0.3 is 0 Å². The second-order valence-corrected chi connectivity index (χ2v) is 4.50. The van der Waals surface area contributed by atoms with Crippen LogP contribution >= 0.6 is 0 Å². The van der Waals surface area contributed by atoms with E-state index in [0.29, 0.717) is 12.1 Å². The van der Waals surface area contributed by atoms with Crippen molar-refractivity contribution in [1.29, 1.82) is 0 Å². The number of carbonyl (C=O) groups is 1. The van der Waals surface area contributed by atoms with E-state index in [1.54, 1.807) is 0 Å². The lowest BCUT2D eigenvalue weighted by atomic mass is 10.1. The number of hydrogen-bond donors (Lipinski definition) is 2. The highest BCUT2D eigenvalue weighted by Gasteiger charge is 2.16. The van der Waals surface area contributed by atoms with Crippen molar-refractivity contribution >= 4 is 5.78 Å². The lowest BCUT2D eigenvalue weighted by molar-refractivity contribution is 0.0746. The number of benzene rings is 2. The van der Waals surface area contributed by atoms with Crippen LogP contribution in [0.25, 0.3) is 0 Å². The zero-order valence-corrected chi connectivity index (χ0v) is 10.9. The van der Waals surface area contributed by atoms with Crippen LogP contribution in [0.15, 0.2) is 54.6 Å². The first kappa shape index (κ1) is 14.4. The molecule has 104 valence electrons. The van der Waals surface area contributed by atoms with Crippen molar-refractivity contribution in [3.8, 4) is 0 Å². The van der Waals surface area contributed by atoms with E-state index in [1.807, 2.05) is 30.3 Å². The minimum atomic E-state index is -1.14. The van der Waals surface area contributed by atoms with Gasteiger partial charge in [0.25, 0.3) is 0 Å². The summed E-state index contributed by atoms with van der Waals surface area (Å²) in [5, 5.41) is 12.8. The van der Waals surface area contributed by atoms with E-state index >= 15 is 0 Å². The van der Waals surface area contributed by atoms with E-state index in [2.05, 4.69) is 5.32 Å². The third-order valence-electron chi connectivity index (χ3n) is 2.94. The number of ketones is 1. The molecule has 0 aliphatic heterocycles. The van der Waals surface area contributed by atoms with E-state index in [-0.39, 0.29) is 6.54 Å². The van der Waals surface area contributed by atoms with Crippen LogP contribution in [0.3, 0.4) is 0 Å². The van der Waals surface area contributed by atoms with Crippen LogP contribution in [0.2, 0.25) is 0 Å². The first-order valence-electron chi connectivity index (χ1n) is 6.39. The molecule has 1 atom stereocenters. The molecule has 0 aliphatic rings. The quantitative estimate of drug-likeness (QED) is 0.793. The van der Waals surface area contributed by atoms with Crippen LogP contribution in [0.1, 0.15) is 15.9 Å². The Kier molecular flexibility index (Phi) is 4.98. The second kappa shape index (κ2) is 6.93. The van der Waals surface area contributed by atoms with Crippen LogP contribution in [-0.2, 0) is 6.54 Å². The second-order valence-electron chi connectivity index (χ2n) is 4.50. The zero-order chi connectivity index (χ0) is 14.4. The summed E-state index contributed by atoms with van der Waals surface area (Å²) in [4.78, 5) is 11.9. The van der Waals surface area contributed by atoms with Crippen molar-refractivity contribution in [2.45, 2.75) is 12.6 Å². The summed E-state index contributed by atoms with van der Waals surface area (Å²) in [6.45, 7) is 0.736. The Morgan fingerprint density at radius 2 is 1.75 bits per heavy atom. The standard InChI is InChI=1S/C16H16FNO2/c17-14-8-6-13(7-9-14)16(20)15(19)11-18-10-12-4-2-1-3-5-12/h1-9,15,18-19H,10-11H2. The minimum Gasteiger partial charge on any atom is -0.384 e. The van der Waals surface area contributed by atoms with E-state index in [9.17, 15) is 14.3 Å². The fraction of sp³-hybridized carbons (Fsp3) is 0.188. The van der Waals surface area contributed by atoms with Gasteiger partial charge in [0.1, 0.15) is 11.9 Å². The predicted molar refractivity (Wildman–Crippen MR) is 74.9 cm³/mol.